The largest absolute Gasteiger partial charge is 0.493 e. The summed E-state index contributed by atoms with van der Waals surface area (Å²) in [5.74, 6) is 0.997. The molecule has 28 heavy (non-hydrogen) atoms. The zero-order valence-corrected chi connectivity index (χ0v) is 17.0. The first kappa shape index (κ1) is 20.5. The smallest absolute Gasteiger partial charge is 0.258 e. The molecule has 1 saturated heterocycles. The molecule has 1 aliphatic rings. The van der Waals surface area contributed by atoms with Crippen LogP contribution in [0.1, 0.15) is 30.9 Å². The van der Waals surface area contributed by atoms with Gasteiger partial charge in [0.2, 0.25) is 0 Å². The number of likely N-dealkylation sites (tertiary alicyclic amines) is 1. The second-order valence-corrected chi connectivity index (χ2v) is 7.28. The first-order chi connectivity index (χ1) is 13.7. The minimum atomic E-state index is -0.167. The number of ether oxygens (including phenoxy) is 2. The first-order valence-corrected chi connectivity index (χ1v) is 10.1. The number of carbonyl (C=O) groups is 1. The molecule has 1 fully saturated rings. The van der Waals surface area contributed by atoms with Crippen molar-refractivity contribution >= 4 is 17.5 Å². The molecule has 0 spiro atoms. The predicted octanol–water partition coefficient (Wildman–Crippen LogP) is 4.07. The third-order valence-corrected chi connectivity index (χ3v) is 5.36. The number of rotatable bonds is 8. The van der Waals surface area contributed by atoms with E-state index in [9.17, 15) is 4.79 Å². The molecule has 3 rings (SSSR count). The number of piperidine rings is 1. The number of halogens is 1. The summed E-state index contributed by atoms with van der Waals surface area (Å²) in [5.41, 5.74) is 1.05. The number of amides is 1. The van der Waals surface area contributed by atoms with Gasteiger partial charge in [0, 0.05) is 11.6 Å². The highest BCUT2D eigenvalue weighted by molar-refractivity contribution is 6.31. The van der Waals surface area contributed by atoms with E-state index >= 15 is 0 Å². The van der Waals surface area contributed by atoms with Crippen LogP contribution in [0.15, 0.2) is 48.5 Å². The SMILES string of the molecule is COc1ccccc1OCC(=O)NC[C@H](c1ccccc1Cl)N1CCCCC1. The van der Waals surface area contributed by atoms with Gasteiger partial charge in [-0.15, -0.1) is 0 Å². The van der Waals surface area contributed by atoms with E-state index in [1.54, 1.807) is 19.2 Å². The summed E-state index contributed by atoms with van der Waals surface area (Å²) in [5, 5.41) is 3.74. The lowest BCUT2D eigenvalue weighted by Crippen LogP contribution is -2.41. The van der Waals surface area contributed by atoms with E-state index < -0.39 is 0 Å². The molecule has 0 unspecified atom stereocenters. The molecular formula is C22H27ClN2O3. The molecule has 1 amide bonds. The fourth-order valence-corrected chi connectivity index (χ4v) is 3.82. The Hall–Kier alpha value is -2.24. The van der Waals surface area contributed by atoms with Crippen LogP contribution < -0.4 is 14.8 Å². The standard InChI is InChI=1S/C22H27ClN2O3/c1-27-20-11-5-6-12-21(20)28-16-22(26)24-15-19(25-13-7-2-8-14-25)17-9-3-4-10-18(17)23/h3-6,9-12,19H,2,7-8,13-16H2,1H3,(H,24,26)/t19-/m1/s1. The average Bonchev–Trinajstić information content (AvgIpc) is 2.74. The van der Waals surface area contributed by atoms with Crippen molar-refractivity contribution in [3.8, 4) is 11.5 Å². The molecule has 0 aromatic heterocycles. The number of benzene rings is 2. The molecule has 1 N–H and O–H groups in total. The predicted molar refractivity (Wildman–Crippen MR) is 111 cm³/mol. The molecule has 1 atom stereocenters. The van der Waals surface area contributed by atoms with Gasteiger partial charge in [-0.2, -0.15) is 0 Å². The molecule has 0 saturated carbocycles. The Morgan fingerprint density at radius 3 is 2.46 bits per heavy atom. The van der Waals surface area contributed by atoms with Crippen LogP contribution in [-0.2, 0) is 4.79 Å². The van der Waals surface area contributed by atoms with E-state index in [0.29, 0.717) is 18.0 Å². The van der Waals surface area contributed by atoms with Gasteiger partial charge >= 0.3 is 0 Å². The topological polar surface area (TPSA) is 50.8 Å². The molecule has 1 aliphatic heterocycles. The van der Waals surface area contributed by atoms with Crippen molar-refractivity contribution in [1.29, 1.82) is 0 Å². The number of hydrogen-bond donors (Lipinski definition) is 1. The van der Waals surface area contributed by atoms with Crippen LogP contribution in [0.4, 0.5) is 0 Å². The van der Waals surface area contributed by atoms with Crippen molar-refractivity contribution in [2.24, 2.45) is 0 Å². The maximum atomic E-state index is 12.4. The molecule has 0 radical (unpaired) electrons. The lowest BCUT2D eigenvalue weighted by molar-refractivity contribution is -0.123. The number of carbonyl (C=O) groups excluding carboxylic acids is 1. The van der Waals surface area contributed by atoms with Crippen LogP contribution >= 0.6 is 11.6 Å². The summed E-state index contributed by atoms with van der Waals surface area (Å²) in [6.45, 7) is 2.47. The molecule has 0 aliphatic carbocycles. The highest BCUT2D eigenvalue weighted by Gasteiger charge is 2.24. The molecule has 1 heterocycles. The maximum Gasteiger partial charge on any atom is 0.258 e. The molecule has 2 aromatic rings. The van der Waals surface area contributed by atoms with E-state index in [1.165, 1.54) is 19.3 Å². The third kappa shape index (κ3) is 5.40. The second kappa shape index (κ2) is 10.3. The van der Waals surface area contributed by atoms with Gasteiger partial charge < -0.3 is 14.8 Å². The molecular weight excluding hydrogens is 376 g/mol. The zero-order valence-electron chi connectivity index (χ0n) is 16.2. The van der Waals surface area contributed by atoms with Gasteiger partial charge in [-0.3, -0.25) is 9.69 Å². The summed E-state index contributed by atoms with van der Waals surface area (Å²) in [7, 11) is 1.58. The van der Waals surface area contributed by atoms with Crippen molar-refractivity contribution in [1.82, 2.24) is 10.2 Å². The summed E-state index contributed by atoms with van der Waals surface area (Å²) >= 11 is 6.45. The Morgan fingerprint density at radius 1 is 1.07 bits per heavy atom. The van der Waals surface area contributed by atoms with Crippen LogP contribution in [0, 0.1) is 0 Å². The Bertz CT molecular complexity index is 778. The van der Waals surface area contributed by atoms with Crippen molar-refractivity contribution in [2.45, 2.75) is 25.3 Å². The van der Waals surface area contributed by atoms with Crippen LogP contribution in [-0.4, -0.2) is 44.2 Å². The molecule has 5 nitrogen and oxygen atoms in total. The van der Waals surface area contributed by atoms with Gasteiger partial charge in [0.15, 0.2) is 18.1 Å². The van der Waals surface area contributed by atoms with Gasteiger partial charge in [0.25, 0.3) is 5.91 Å². The van der Waals surface area contributed by atoms with Crippen LogP contribution in [0.2, 0.25) is 5.02 Å². The van der Waals surface area contributed by atoms with Crippen LogP contribution in [0.25, 0.3) is 0 Å². The Balaban J connectivity index is 1.61. The van der Waals surface area contributed by atoms with Crippen LogP contribution in [0.3, 0.4) is 0 Å². The van der Waals surface area contributed by atoms with Crippen molar-refractivity contribution < 1.29 is 14.3 Å². The third-order valence-electron chi connectivity index (χ3n) is 5.02. The monoisotopic (exact) mass is 402 g/mol. The number of para-hydroxylation sites is 2. The van der Waals surface area contributed by atoms with E-state index in [-0.39, 0.29) is 18.6 Å². The number of methoxy groups -OCH3 is 1. The minimum Gasteiger partial charge on any atom is -0.493 e. The summed E-state index contributed by atoms with van der Waals surface area (Å²) in [6, 6.07) is 15.2. The lowest BCUT2D eigenvalue weighted by Gasteiger charge is -2.35. The minimum absolute atomic E-state index is 0.0595. The van der Waals surface area contributed by atoms with Crippen molar-refractivity contribution in [3.05, 3.63) is 59.1 Å². The van der Waals surface area contributed by atoms with Gasteiger partial charge in [-0.1, -0.05) is 48.4 Å². The second-order valence-electron chi connectivity index (χ2n) is 6.88. The van der Waals surface area contributed by atoms with E-state index in [1.807, 2.05) is 36.4 Å². The quantitative estimate of drug-likeness (QED) is 0.723. The summed E-state index contributed by atoms with van der Waals surface area (Å²) in [6.07, 6.45) is 3.60. The Labute approximate surface area is 171 Å². The number of nitrogens with zero attached hydrogens (tertiary/aromatic N) is 1. The van der Waals surface area contributed by atoms with E-state index in [4.69, 9.17) is 21.1 Å². The zero-order chi connectivity index (χ0) is 19.8. The van der Waals surface area contributed by atoms with Crippen LogP contribution in [0.5, 0.6) is 11.5 Å². The molecule has 2 aromatic carbocycles. The highest BCUT2D eigenvalue weighted by atomic mass is 35.5. The fourth-order valence-electron chi connectivity index (χ4n) is 3.55. The van der Waals surface area contributed by atoms with Crippen molar-refractivity contribution in [3.63, 3.8) is 0 Å². The first-order valence-electron chi connectivity index (χ1n) is 9.70. The molecule has 6 heteroatoms. The number of hydrogen-bond acceptors (Lipinski definition) is 4. The lowest BCUT2D eigenvalue weighted by atomic mass is 10.0. The fraction of sp³-hybridized carbons (Fsp3) is 0.409. The summed E-state index contributed by atoms with van der Waals surface area (Å²) < 4.78 is 10.9. The maximum absolute atomic E-state index is 12.4. The van der Waals surface area contributed by atoms with E-state index in [2.05, 4.69) is 10.2 Å². The highest BCUT2D eigenvalue weighted by Crippen LogP contribution is 2.29. The van der Waals surface area contributed by atoms with Crippen molar-refractivity contribution in [2.75, 3.05) is 33.4 Å². The Kier molecular flexibility index (Phi) is 7.57. The number of nitrogens with one attached hydrogen (secondary N) is 1. The Morgan fingerprint density at radius 2 is 1.75 bits per heavy atom. The normalized spacial score (nSPS) is 15.6. The molecule has 0 bridgehead atoms. The van der Waals surface area contributed by atoms with Gasteiger partial charge in [-0.25, -0.2) is 0 Å². The van der Waals surface area contributed by atoms with Gasteiger partial charge in [0.1, 0.15) is 0 Å². The molecule has 150 valence electrons. The van der Waals surface area contributed by atoms with E-state index in [0.717, 1.165) is 23.7 Å². The van der Waals surface area contributed by atoms with Gasteiger partial charge in [0.05, 0.1) is 13.2 Å². The average molecular weight is 403 g/mol. The summed E-state index contributed by atoms with van der Waals surface area (Å²) in [4.78, 5) is 14.8. The van der Waals surface area contributed by atoms with Gasteiger partial charge in [-0.05, 0) is 49.7 Å².